The monoisotopic (exact) mass is 326 g/mol. The van der Waals surface area contributed by atoms with E-state index in [1.54, 1.807) is 4.90 Å². The maximum Gasteiger partial charge on any atom is 0.270 e. The van der Waals surface area contributed by atoms with Gasteiger partial charge in [0.1, 0.15) is 0 Å². The van der Waals surface area contributed by atoms with Crippen molar-refractivity contribution in [2.75, 3.05) is 19.7 Å². The highest BCUT2D eigenvalue weighted by Crippen LogP contribution is 2.25. The third-order valence-electron chi connectivity index (χ3n) is 3.49. The first kappa shape index (κ1) is 16.7. The van der Waals surface area contributed by atoms with Crippen LogP contribution in [0, 0.1) is 16.0 Å². The number of nitrogens with zero attached hydrogens (tertiary/aromatic N) is 2. The number of rotatable bonds is 5. The van der Waals surface area contributed by atoms with Gasteiger partial charge in [0.15, 0.2) is 0 Å². The molecular weight excluding hydrogens is 308 g/mol. The molecule has 1 aliphatic heterocycles. The summed E-state index contributed by atoms with van der Waals surface area (Å²) >= 11 is 6.00. The van der Waals surface area contributed by atoms with Crippen LogP contribution >= 0.6 is 11.6 Å². The third-order valence-corrected chi connectivity index (χ3v) is 3.80. The Bertz CT molecular complexity index is 577. The molecule has 1 saturated heterocycles. The molecule has 0 aromatic heterocycles. The van der Waals surface area contributed by atoms with Crippen molar-refractivity contribution < 1.29 is 14.5 Å². The molecular formula is C15H19ClN2O4. The molecule has 22 heavy (non-hydrogen) atoms. The lowest BCUT2D eigenvalue weighted by Crippen LogP contribution is -2.30. The summed E-state index contributed by atoms with van der Waals surface area (Å²) in [5.41, 5.74) is 0.165. The van der Waals surface area contributed by atoms with Crippen molar-refractivity contribution in [3.05, 3.63) is 38.9 Å². The van der Waals surface area contributed by atoms with Gasteiger partial charge < -0.3 is 9.64 Å². The fourth-order valence-corrected chi connectivity index (χ4v) is 2.59. The third kappa shape index (κ3) is 3.96. The quantitative estimate of drug-likeness (QED) is 0.615. The Labute approximate surface area is 134 Å². The standard InChI is InChI=1S/C15H19ClN2O4/c1-10(2)9-22-12-5-6-17(8-12)15(19)13-4-3-11(18(20)21)7-14(13)16/h3-4,7,10,12H,5-6,8-9H2,1-2H3/t12-/m0/s1. The van der Waals surface area contributed by atoms with Crippen LogP contribution < -0.4 is 0 Å². The molecule has 0 N–H and O–H groups in total. The van der Waals surface area contributed by atoms with Crippen molar-refractivity contribution in [2.24, 2.45) is 5.92 Å². The number of carbonyl (C=O) groups excluding carboxylic acids is 1. The van der Waals surface area contributed by atoms with E-state index < -0.39 is 4.92 Å². The highest BCUT2D eigenvalue weighted by atomic mass is 35.5. The van der Waals surface area contributed by atoms with E-state index in [9.17, 15) is 14.9 Å². The maximum absolute atomic E-state index is 12.4. The van der Waals surface area contributed by atoms with Crippen LogP contribution in [0.2, 0.25) is 5.02 Å². The van der Waals surface area contributed by atoms with Gasteiger partial charge >= 0.3 is 0 Å². The summed E-state index contributed by atoms with van der Waals surface area (Å²) in [6.07, 6.45) is 0.839. The topological polar surface area (TPSA) is 72.7 Å². The van der Waals surface area contributed by atoms with Gasteiger partial charge in [-0.2, -0.15) is 0 Å². The lowest BCUT2D eigenvalue weighted by Gasteiger charge is -2.18. The predicted molar refractivity (Wildman–Crippen MR) is 83.2 cm³/mol. The number of carbonyl (C=O) groups is 1. The molecule has 0 spiro atoms. The van der Waals surface area contributed by atoms with Crippen LogP contribution in [-0.2, 0) is 4.74 Å². The minimum atomic E-state index is -0.536. The molecule has 1 fully saturated rings. The number of hydrogen-bond acceptors (Lipinski definition) is 4. The molecule has 0 unspecified atom stereocenters. The average molecular weight is 327 g/mol. The number of nitro groups is 1. The second kappa shape index (κ2) is 7.07. The number of non-ortho nitro benzene ring substituents is 1. The Balaban J connectivity index is 2.02. The van der Waals surface area contributed by atoms with Crippen molar-refractivity contribution >= 4 is 23.2 Å². The number of benzene rings is 1. The smallest absolute Gasteiger partial charge is 0.270 e. The molecule has 1 amide bonds. The molecule has 1 heterocycles. The zero-order valence-electron chi connectivity index (χ0n) is 12.6. The summed E-state index contributed by atoms with van der Waals surface area (Å²) in [4.78, 5) is 24.3. The number of amides is 1. The van der Waals surface area contributed by atoms with Crippen LogP contribution in [0.3, 0.4) is 0 Å². The fraction of sp³-hybridized carbons (Fsp3) is 0.533. The Morgan fingerprint density at radius 3 is 2.86 bits per heavy atom. The second-order valence-corrected chi connectivity index (χ2v) is 6.22. The Morgan fingerprint density at radius 2 is 2.27 bits per heavy atom. The Hall–Kier alpha value is -1.66. The van der Waals surface area contributed by atoms with Crippen LogP contribution in [0.5, 0.6) is 0 Å². The van der Waals surface area contributed by atoms with Gasteiger partial charge in [-0.05, 0) is 18.4 Å². The number of ether oxygens (including phenoxy) is 1. The van der Waals surface area contributed by atoms with E-state index in [-0.39, 0.29) is 28.3 Å². The summed E-state index contributed by atoms with van der Waals surface area (Å²) in [6.45, 7) is 5.96. The first-order valence-electron chi connectivity index (χ1n) is 7.23. The summed E-state index contributed by atoms with van der Waals surface area (Å²) < 4.78 is 5.75. The van der Waals surface area contributed by atoms with E-state index in [4.69, 9.17) is 16.3 Å². The van der Waals surface area contributed by atoms with Crippen LogP contribution in [0.25, 0.3) is 0 Å². The van der Waals surface area contributed by atoms with E-state index in [2.05, 4.69) is 13.8 Å². The minimum absolute atomic E-state index is 0.0446. The molecule has 2 rings (SSSR count). The van der Waals surface area contributed by atoms with E-state index in [0.717, 1.165) is 6.42 Å². The van der Waals surface area contributed by atoms with Gasteiger partial charge in [-0.3, -0.25) is 14.9 Å². The average Bonchev–Trinajstić information content (AvgIpc) is 2.93. The van der Waals surface area contributed by atoms with E-state index in [1.807, 2.05) is 0 Å². The first-order valence-corrected chi connectivity index (χ1v) is 7.61. The van der Waals surface area contributed by atoms with Crippen molar-refractivity contribution in [1.82, 2.24) is 4.90 Å². The molecule has 0 saturated carbocycles. The molecule has 6 nitrogen and oxygen atoms in total. The van der Waals surface area contributed by atoms with Crippen molar-refractivity contribution in [1.29, 1.82) is 0 Å². The normalized spacial score (nSPS) is 18.0. The maximum atomic E-state index is 12.4. The molecule has 0 radical (unpaired) electrons. The fourth-order valence-electron chi connectivity index (χ4n) is 2.34. The number of halogens is 1. The first-order chi connectivity index (χ1) is 10.4. The van der Waals surface area contributed by atoms with Crippen molar-refractivity contribution in [3.8, 4) is 0 Å². The highest BCUT2D eigenvalue weighted by Gasteiger charge is 2.29. The Kier molecular flexibility index (Phi) is 5.37. The summed E-state index contributed by atoms with van der Waals surface area (Å²) in [5, 5.41) is 10.8. The Morgan fingerprint density at radius 1 is 1.55 bits per heavy atom. The van der Waals surface area contributed by atoms with Crippen LogP contribution in [-0.4, -0.2) is 41.5 Å². The molecule has 1 aromatic rings. The van der Waals surface area contributed by atoms with E-state index in [1.165, 1.54) is 18.2 Å². The van der Waals surface area contributed by atoms with Gasteiger partial charge in [0, 0.05) is 31.8 Å². The minimum Gasteiger partial charge on any atom is -0.376 e. The van der Waals surface area contributed by atoms with Crippen molar-refractivity contribution in [2.45, 2.75) is 26.4 Å². The SMILES string of the molecule is CC(C)CO[C@H]1CCN(C(=O)c2ccc([N+](=O)[O-])cc2Cl)C1. The largest absolute Gasteiger partial charge is 0.376 e. The van der Waals surface area contributed by atoms with Gasteiger partial charge in [0.2, 0.25) is 0 Å². The molecule has 1 atom stereocenters. The molecule has 120 valence electrons. The van der Waals surface area contributed by atoms with Crippen LogP contribution in [0.4, 0.5) is 5.69 Å². The zero-order valence-corrected chi connectivity index (χ0v) is 13.4. The number of hydrogen-bond donors (Lipinski definition) is 0. The van der Waals surface area contributed by atoms with Gasteiger partial charge in [-0.1, -0.05) is 25.4 Å². The number of likely N-dealkylation sites (tertiary alicyclic amines) is 1. The van der Waals surface area contributed by atoms with Gasteiger partial charge in [0.05, 0.1) is 21.6 Å². The van der Waals surface area contributed by atoms with Gasteiger partial charge in [-0.15, -0.1) is 0 Å². The summed E-state index contributed by atoms with van der Waals surface area (Å²) in [7, 11) is 0. The van der Waals surface area contributed by atoms with Gasteiger partial charge in [-0.25, -0.2) is 0 Å². The van der Waals surface area contributed by atoms with Crippen molar-refractivity contribution in [3.63, 3.8) is 0 Å². The molecule has 0 aliphatic carbocycles. The summed E-state index contributed by atoms with van der Waals surface area (Å²) in [6, 6.07) is 3.91. The van der Waals surface area contributed by atoms with Crippen LogP contribution in [0.15, 0.2) is 18.2 Å². The second-order valence-electron chi connectivity index (χ2n) is 5.81. The zero-order chi connectivity index (χ0) is 16.3. The van der Waals surface area contributed by atoms with E-state index in [0.29, 0.717) is 25.6 Å². The number of nitro benzene ring substituents is 1. The van der Waals surface area contributed by atoms with Gasteiger partial charge in [0.25, 0.3) is 11.6 Å². The molecule has 0 bridgehead atoms. The predicted octanol–water partition coefficient (Wildman–Crippen LogP) is 3.14. The molecule has 1 aliphatic rings. The lowest BCUT2D eigenvalue weighted by molar-refractivity contribution is -0.384. The summed E-state index contributed by atoms with van der Waals surface area (Å²) in [5.74, 6) is 0.240. The van der Waals surface area contributed by atoms with Crippen LogP contribution in [0.1, 0.15) is 30.6 Å². The molecule has 1 aromatic carbocycles. The highest BCUT2D eigenvalue weighted by molar-refractivity contribution is 6.34. The lowest BCUT2D eigenvalue weighted by atomic mass is 10.2. The molecule has 7 heteroatoms. The van der Waals surface area contributed by atoms with E-state index >= 15 is 0 Å².